The summed E-state index contributed by atoms with van der Waals surface area (Å²) in [6.07, 6.45) is 11.0. The van der Waals surface area contributed by atoms with Gasteiger partial charge in [0.05, 0.1) is 0 Å². The van der Waals surface area contributed by atoms with Crippen molar-refractivity contribution in [3.63, 3.8) is 0 Å². The SMILES string of the molecule is Cc1cncc(CNCCC2CCCC2)c1. The van der Waals surface area contributed by atoms with E-state index in [2.05, 4.69) is 23.3 Å². The summed E-state index contributed by atoms with van der Waals surface area (Å²) in [5, 5.41) is 3.52. The summed E-state index contributed by atoms with van der Waals surface area (Å²) in [7, 11) is 0. The van der Waals surface area contributed by atoms with Gasteiger partial charge in [0.1, 0.15) is 0 Å². The van der Waals surface area contributed by atoms with Gasteiger partial charge in [0.15, 0.2) is 0 Å². The van der Waals surface area contributed by atoms with Crippen LogP contribution in [0.2, 0.25) is 0 Å². The molecular formula is C14H22N2. The Balaban J connectivity index is 1.64. The standard InChI is InChI=1S/C14H22N2/c1-12-8-14(11-16-9-12)10-15-7-6-13-4-2-3-5-13/h8-9,11,13,15H,2-7,10H2,1H3. The molecule has 1 aliphatic rings. The van der Waals surface area contributed by atoms with E-state index >= 15 is 0 Å². The number of hydrogen-bond donors (Lipinski definition) is 1. The molecule has 0 radical (unpaired) electrons. The summed E-state index contributed by atoms with van der Waals surface area (Å²) in [6, 6.07) is 2.20. The number of aryl methyl sites for hydroxylation is 1. The maximum absolute atomic E-state index is 4.20. The van der Waals surface area contributed by atoms with Crippen LogP contribution in [0.3, 0.4) is 0 Å². The number of hydrogen-bond acceptors (Lipinski definition) is 2. The molecule has 1 aromatic heterocycles. The van der Waals surface area contributed by atoms with Crippen molar-refractivity contribution in [2.75, 3.05) is 6.54 Å². The van der Waals surface area contributed by atoms with E-state index in [9.17, 15) is 0 Å². The van der Waals surface area contributed by atoms with Crippen molar-refractivity contribution >= 4 is 0 Å². The fourth-order valence-corrected chi connectivity index (χ4v) is 2.55. The normalized spacial score (nSPS) is 16.8. The number of aromatic nitrogens is 1. The van der Waals surface area contributed by atoms with E-state index in [1.807, 2.05) is 12.4 Å². The molecule has 0 aromatic carbocycles. The minimum absolute atomic E-state index is 0.960. The Morgan fingerprint density at radius 2 is 2.12 bits per heavy atom. The maximum atomic E-state index is 4.20. The van der Waals surface area contributed by atoms with E-state index in [0.717, 1.165) is 19.0 Å². The fraction of sp³-hybridized carbons (Fsp3) is 0.643. The van der Waals surface area contributed by atoms with Crippen molar-refractivity contribution in [3.05, 3.63) is 29.6 Å². The Morgan fingerprint density at radius 3 is 2.88 bits per heavy atom. The highest BCUT2D eigenvalue weighted by atomic mass is 14.8. The molecule has 2 rings (SSSR count). The Labute approximate surface area is 98.5 Å². The molecule has 2 heteroatoms. The van der Waals surface area contributed by atoms with Crippen LogP contribution in [-0.2, 0) is 6.54 Å². The zero-order valence-electron chi connectivity index (χ0n) is 10.2. The van der Waals surface area contributed by atoms with Crippen LogP contribution in [0, 0.1) is 12.8 Å². The molecule has 2 nitrogen and oxygen atoms in total. The van der Waals surface area contributed by atoms with Crippen molar-refractivity contribution < 1.29 is 0 Å². The molecule has 0 bridgehead atoms. The highest BCUT2D eigenvalue weighted by Crippen LogP contribution is 2.26. The summed E-state index contributed by atoms with van der Waals surface area (Å²) in [4.78, 5) is 4.20. The van der Waals surface area contributed by atoms with Crippen LogP contribution in [-0.4, -0.2) is 11.5 Å². The van der Waals surface area contributed by atoms with E-state index in [0.29, 0.717) is 0 Å². The van der Waals surface area contributed by atoms with Crippen LogP contribution in [0.4, 0.5) is 0 Å². The monoisotopic (exact) mass is 218 g/mol. The van der Waals surface area contributed by atoms with Gasteiger partial charge in [0.2, 0.25) is 0 Å². The average Bonchev–Trinajstić information content (AvgIpc) is 2.77. The zero-order valence-corrected chi connectivity index (χ0v) is 10.2. The molecule has 1 aliphatic carbocycles. The zero-order chi connectivity index (χ0) is 11.2. The molecule has 0 spiro atoms. The smallest absolute Gasteiger partial charge is 0.0313 e. The van der Waals surface area contributed by atoms with Crippen molar-refractivity contribution in [1.29, 1.82) is 0 Å². The van der Waals surface area contributed by atoms with Crippen LogP contribution in [0.15, 0.2) is 18.5 Å². The molecule has 0 saturated heterocycles. The van der Waals surface area contributed by atoms with E-state index in [4.69, 9.17) is 0 Å². The average molecular weight is 218 g/mol. The molecule has 16 heavy (non-hydrogen) atoms. The predicted octanol–water partition coefficient (Wildman–Crippen LogP) is 3.06. The molecular weight excluding hydrogens is 196 g/mol. The lowest BCUT2D eigenvalue weighted by atomic mass is 10.0. The van der Waals surface area contributed by atoms with Crippen molar-refractivity contribution in [2.24, 2.45) is 5.92 Å². The third kappa shape index (κ3) is 3.60. The predicted molar refractivity (Wildman–Crippen MR) is 67.3 cm³/mol. The van der Waals surface area contributed by atoms with Crippen molar-refractivity contribution in [1.82, 2.24) is 10.3 Å². The lowest BCUT2D eigenvalue weighted by molar-refractivity contribution is 0.477. The largest absolute Gasteiger partial charge is 0.313 e. The fourth-order valence-electron chi connectivity index (χ4n) is 2.55. The van der Waals surface area contributed by atoms with E-state index in [1.165, 1.54) is 43.2 Å². The molecule has 0 unspecified atom stereocenters. The van der Waals surface area contributed by atoms with Crippen molar-refractivity contribution in [3.8, 4) is 0 Å². The highest BCUT2D eigenvalue weighted by Gasteiger charge is 2.13. The minimum atomic E-state index is 0.960. The number of nitrogens with one attached hydrogen (secondary N) is 1. The highest BCUT2D eigenvalue weighted by molar-refractivity contribution is 5.16. The van der Waals surface area contributed by atoms with Gasteiger partial charge in [0, 0.05) is 18.9 Å². The molecule has 88 valence electrons. The molecule has 1 fully saturated rings. The minimum Gasteiger partial charge on any atom is -0.313 e. The topological polar surface area (TPSA) is 24.9 Å². The first kappa shape index (κ1) is 11.6. The second-order valence-corrected chi connectivity index (χ2v) is 4.99. The molecule has 1 heterocycles. The number of rotatable bonds is 5. The maximum Gasteiger partial charge on any atom is 0.0313 e. The second kappa shape index (κ2) is 6.00. The van der Waals surface area contributed by atoms with E-state index in [1.54, 1.807) is 0 Å². The Hall–Kier alpha value is -0.890. The first-order chi connectivity index (χ1) is 7.84. The second-order valence-electron chi connectivity index (χ2n) is 4.99. The Kier molecular flexibility index (Phi) is 4.34. The quantitative estimate of drug-likeness (QED) is 0.768. The van der Waals surface area contributed by atoms with Crippen molar-refractivity contribution in [2.45, 2.75) is 45.6 Å². The first-order valence-corrected chi connectivity index (χ1v) is 6.46. The number of pyridine rings is 1. The van der Waals surface area contributed by atoms with Gasteiger partial charge < -0.3 is 5.32 Å². The van der Waals surface area contributed by atoms with Gasteiger partial charge in [-0.3, -0.25) is 4.98 Å². The summed E-state index contributed by atoms with van der Waals surface area (Å²) >= 11 is 0. The van der Waals surface area contributed by atoms with Gasteiger partial charge in [0.25, 0.3) is 0 Å². The molecule has 1 aromatic rings. The Morgan fingerprint density at radius 1 is 1.31 bits per heavy atom. The molecule has 0 amide bonds. The number of nitrogens with zero attached hydrogens (tertiary/aromatic N) is 1. The third-order valence-corrected chi connectivity index (χ3v) is 3.46. The van der Waals surface area contributed by atoms with Crippen LogP contribution in [0.25, 0.3) is 0 Å². The van der Waals surface area contributed by atoms with Gasteiger partial charge in [-0.05, 0) is 36.9 Å². The summed E-state index contributed by atoms with van der Waals surface area (Å²) in [5.74, 6) is 0.989. The van der Waals surface area contributed by atoms with Gasteiger partial charge in [-0.25, -0.2) is 0 Å². The molecule has 1 saturated carbocycles. The van der Waals surface area contributed by atoms with Crippen LogP contribution in [0.1, 0.15) is 43.2 Å². The van der Waals surface area contributed by atoms with Gasteiger partial charge >= 0.3 is 0 Å². The first-order valence-electron chi connectivity index (χ1n) is 6.46. The van der Waals surface area contributed by atoms with Gasteiger partial charge in [-0.2, -0.15) is 0 Å². The van der Waals surface area contributed by atoms with Crippen LogP contribution in [0.5, 0.6) is 0 Å². The molecule has 0 atom stereocenters. The van der Waals surface area contributed by atoms with E-state index < -0.39 is 0 Å². The summed E-state index contributed by atoms with van der Waals surface area (Å²) in [5.41, 5.74) is 2.54. The summed E-state index contributed by atoms with van der Waals surface area (Å²) in [6.45, 7) is 4.20. The lowest BCUT2D eigenvalue weighted by Crippen LogP contribution is -2.17. The van der Waals surface area contributed by atoms with Crippen LogP contribution < -0.4 is 5.32 Å². The molecule has 1 N–H and O–H groups in total. The molecule has 0 aliphatic heterocycles. The third-order valence-electron chi connectivity index (χ3n) is 3.46. The Bertz CT molecular complexity index is 316. The lowest BCUT2D eigenvalue weighted by Gasteiger charge is -2.09. The van der Waals surface area contributed by atoms with Gasteiger partial charge in [-0.1, -0.05) is 31.7 Å². The summed E-state index contributed by atoms with van der Waals surface area (Å²) < 4.78 is 0. The van der Waals surface area contributed by atoms with Gasteiger partial charge in [-0.15, -0.1) is 0 Å². The van der Waals surface area contributed by atoms with Crippen LogP contribution >= 0.6 is 0 Å². The van der Waals surface area contributed by atoms with E-state index in [-0.39, 0.29) is 0 Å².